The number of alkyl halides is 1. The fourth-order valence-electron chi connectivity index (χ4n) is 6.28. The Labute approximate surface area is 212 Å². The van der Waals surface area contributed by atoms with E-state index in [9.17, 15) is 14.0 Å². The van der Waals surface area contributed by atoms with Crippen molar-refractivity contribution in [3.63, 3.8) is 0 Å². The first kappa shape index (κ1) is 25.7. The van der Waals surface area contributed by atoms with Gasteiger partial charge in [-0.25, -0.2) is 9.18 Å². The molecule has 2 aromatic rings. The van der Waals surface area contributed by atoms with Gasteiger partial charge < -0.3 is 14.4 Å². The quantitative estimate of drug-likeness (QED) is 0.258. The van der Waals surface area contributed by atoms with Crippen LogP contribution in [0.4, 0.5) is 9.18 Å². The summed E-state index contributed by atoms with van der Waals surface area (Å²) < 4.78 is 23.7. The minimum Gasteiger partial charge on any atom is -0.463 e. The number of carbonyl (C=O) groups is 2. The zero-order valence-corrected chi connectivity index (χ0v) is 21.3. The molecule has 6 heteroatoms. The topological polar surface area (TPSA) is 55.8 Å². The molecular weight excluding hydrogens is 457 g/mol. The molecule has 1 heterocycles. The normalized spacial score (nSPS) is 23.7. The predicted octanol–water partition coefficient (Wildman–Crippen LogP) is 6.63. The molecule has 1 amide bonds. The summed E-state index contributed by atoms with van der Waals surface area (Å²) in [6, 6.07) is 14.9. The molecule has 36 heavy (non-hydrogen) atoms. The minimum absolute atomic E-state index is 0.0108. The maximum Gasteiger partial charge on any atom is 0.410 e. The molecule has 0 bridgehead atoms. The van der Waals surface area contributed by atoms with Crippen LogP contribution in [0.3, 0.4) is 0 Å². The van der Waals surface area contributed by atoms with Gasteiger partial charge in [0.25, 0.3) is 0 Å². The van der Waals surface area contributed by atoms with Gasteiger partial charge in [0.05, 0.1) is 0 Å². The first-order valence-electron chi connectivity index (χ1n) is 12.4. The summed E-state index contributed by atoms with van der Waals surface area (Å²) in [6.45, 7) is 10.3. The van der Waals surface area contributed by atoms with E-state index in [1.54, 1.807) is 23.1 Å². The molecule has 1 aliphatic heterocycles. The number of fused-ring (bicyclic) bond motifs is 2. The molecule has 1 unspecified atom stereocenters. The molecule has 1 fully saturated rings. The lowest BCUT2D eigenvalue weighted by Crippen LogP contribution is -2.43. The number of nitrogens with zero attached hydrogens (tertiary/aromatic N) is 1. The Morgan fingerprint density at radius 3 is 2.64 bits per heavy atom. The van der Waals surface area contributed by atoms with Gasteiger partial charge in [0.15, 0.2) is 5.78 Å². The van der Waals surface area contributed by atoms with E-state index in [-0.39, 0.29) is 29.8 Å². The van der Waals surface area contributed by atoms with Crippen LogP contribution in [0.15, 0.2) is 72.8 Å². The van der Waals surface area contributed by atoms with Crippen LogP contribution in [0.1, 0.15) is 55.1 Å². The van der Waals surface area contributed by atoms with Crippen LogP contribution in [0.25, 0.3) is 0 Å². The molecule has 190 valence electrons. The van der Waals surface area contributed by atoms with Crippen molar-refractivity contribution in [3.05, 3.63) is 89.5 Å². The second kappa shape index (κ2) is 10.3. The van der Waals surface area contributed by atoms with Gasteiger partial charge in [-0.3, -0.25) is 4.79 Å². The van der Waals surface area contributed by atoms with Crippen molar-refractivity contribution in [1.29, 1.82) is 0 Å². The third-order valence-electron chi connectivity index (χ3n) is 8.03. The maximum absolute atomic E-state index is 13.1. The van der Waals surface area contributed by atoms with Crippen LogP contribution in [0, 0.1) is 11.3 Å². The summed E-state index contributed by atoms with van der Waals surface area (Å²) in [5.41, 5.74) is 3.13. The van der Waals surface area contributed by atoms with E-state index in [1.165, 1.54) is 0 Å². The lowest BCUT2D eigenvalue weighted by molar-refractivity contribution is 0.0981. The highest BCUT2D eigenvalue weighted by Gasteiger charge is 2.57. The largest absolute Gasteiger partial charge is 0.463 e. The van der Waals surface area contributed by atoms with Gasteiger partial charge in [0.1, 0.15) is 12.4 Å². The van der Waals surface area contributed by atoms with E-state index in [0.717, 1.165) is 23.1 Å². The van der Waals surface area contributed by atoms with Gasteiger partial charge in [-0.2, -0.15) is 0 Å². The van der Waals surface area contributed by atoms with Crippen molar-refractivity contribution < 1.29 is 23.5 Å². The zero-order chi connectivity index (χ0) is 25.9. The molecule has 0 N–H and O–H groups in total. The third-order valence-corrected chi connectivity index (χ3v) is 8.03. The summed E-state index contributed by atoms with van der Waals surface area (Å²) in [6.07, 6.45) is 4.36. The number of ketones is 1. The van der Waals surface area contributed by atoms with Crippen LogP contribution < -0.4 is 4.74 Å². The van der Waals surface area contributed by atoms with E-state index in [4.69, 9.17) is 9.47 Å². The number of carbonyl (C=O) groups excluding carboxylic acids is 2. The number of hydrogen-bond donors (Lipinski definition) is 0. The number of ether oxygens (including phenoxy) is 2. The Bertz CT molecular complexity index is 1170. The van der Waals surface area contributed by atoms with Crippen LogP contribution >= 0.6 is 0 Å². The summed E-state index contributed by atoms with van der Waals surface area (Å²) in [7, 11) is 0. The average Bonchev–Trinajstić information content (AvgIpc) is 2.98. The molecule has 1 saturated carbocycles. The summed E-state index contributed by atoms with van der Waals surface area (Å²) in [5.74, 6) is 0.464. The molecular formula is C30H34FNO4. The molecule has 0 aromatic heterocycles. The maximum atomic E-state index is 13.1. The Morgan fingerprint density at radius 2 is 1.94 bits per heavy atom. The van der Waals surface area contributed by atoms with E-state index in [1.807, 2.05) is 42.5 Å². The van der Waals surface area contributed by atoms with Gasteiger partial charge in [0.2, 0.25) is 6.86 Å². The molecule has 5 nitrogen and oxygen atoms in total. The molecule has 2 atom stereocenters. The average molecular weight is 492 g/mol. The molecule has 1 spiro atoms. The van der Waals surface area contributed by atoms with Gasteiger partial charge in [0, 0.05) is 24.1 Å². The van der Waals surface area contributed by atoms with Crippen molar-refractivity contribution in [1.82, 2.24) is 4.90 Å². The number of halogens is 1. The Balaban J connectivity index is 1.80. The Hall–Kier alpha value is -3.41. The second-order valence-electron chi connectivity index (χ2n) is 10.3. The standard InChI is InChI=1S/C30H34FNO4/c1-5-15-35-28(34)32-14-13-30(26-17-25(36-20-31)12-11-23(26)19-32)21(2)24(18-29(30,3)4)16-27(33)22-9-7-6-8-10-22/h5-12,16-17,21H,1,13-15,18-20H2,2-4H3/b24-16-/t21?,30-/m0/s1. The molecule has 2 aliphatic rings. The first-order chi connectivity index (χ1) is 17.2. The van der Waals surface area contributed by atoms with Crippen LogP contribution in [-0.2, 0) is 16.7 Å². The van der Waals surface area contributed by atoms with Crippen molar-refractivity contribution in [2.45, 2.75) is 45.6 Å². The van der Waals surface area contributed by atoms with Crippen molar-refractivity contribution in [2.24, 2.45) is 11.3 Å². The van der Waals surface area contributed by atoms with Crippen LogP contribution in [0.2, 0.25) is 0 Å². The first-order valence-corrected chi connectivity index (χ1v) is 12.4. The monoisotopic (exact) mass is 491 g/mol. The second-order valence-corrected chi connectivity index (χ2v) is 10.3. The van der Waals surface area contributed by atoms with Crippen molar-refractivity contribution >= 4 is 11.9 Å². The number of rotatable bonds is 6. The van der Waals surface area contributed by atoms with Gasteiger partial charge in [-0.1, -0.05) is 75.4 Å². The summed E-state index contributed by atoms with van der Waals surface area (Å²) in [5, 5.41) is 0. The SMILES string of the molecule is C=CCOC(=O)N1CC[C@@]2(c3cc(OCF)ccc3C1)C(C)/C(=C\C(=O)c1ccccc1)CC2(C)C. The lowest BCUT2D eigenvalue weighted by Gasteiger charge is -2.45. The lowest BCUT2D eigenvalue weighted by atomic mass is 9.58. The number of benzene rings is 2. The van der Waals surface area contributed by atoms with Crippen molar-refractivity contribution in [3.8, 4) is 5.75 Å². The van der Waals surface area contributed by atoms with E-state index < -0.39 is 12.3 Å². The van der Waals surface area contributed by atoms with Crippen LogP contribution in [0.5, 0.6) is 5.75 Å². The summed E-state index contributed by atoms with van der Waals surface area (Å²) in [4.78, 5) is 27.6. The number of amides is 1. The van der Waals surface area contributed by atoms with Gasteiger partial charge >= 0.3 is 6.09 Å². The number of allylic oxidation sites excluding steroid dienone is 2. The summed E-state index contributed by atoms with van der Waals surface area (Å²) >= 11 is 0. The van der Waals surface area contributed by atoms with E-state index in [2.05, 4.69) is 27.4 Å². The zero-order valence-electron chi connectivity index (χ0n) is 21.3. The fourth-order valence-corrected chi connectivity index (χ4v) is 6.28. The molecule has 0 radical (unpaired) electrons. The molecule has 4 rings (SSSR count). The highest BCUT2D eigenvalue weighted by atomic mass is 19.1. The minimum atomic E-state index is -0.915. The smallest absolute Gasteiger partial charge is 0.410 e. The highest BCUT2D eigenvalue weighted by Crippen LogP contribution is 2.62. The predicted molar refractivity (Wildman–Crippen MR) is 138 cm³/mol. The van der Waals surface area contributed by atoms with Crippen LogP contribution in [-0.4, -0.2) is 36.8 Å². The van der Waals surface area contributed by atoms with Crippen molar-refractivity contribution in [2.75, 3.05) is 20.0 Å². The molecule has 0 saturated heterocycles. The van der Waals surface area contributed by atoms with E-state index >= 15 is 0 Å². The fraction of sp³-hybridized carbons (Fsp3) is 0.400. The Kier molecular flexibility index (Phi) is 7.34. The van der Waals surface area contributed by atoms with Gasteiger partial charge in [-0.15, -0.1) is 0 Å². The molecule has 2 aromatic carbocycles. The highest BCUT2D eigenvalue weighted by molar-refractivity contribution is 6.05. The molecule has 1 aliphatic carbocycles. The van der Waals surface area contributed by atoms with Gasteiger partial charge in [-0.05, 0) is 53.5 Å². The van der Waals surface area contributed by atoms with E-state index in [0.29, 0.717) is 30.8 Å². The Morgan fingerprint density at radius 1 is 1.19 bits per heavy atom. The number of hydrogen-bond acceptors (Lipinski definition) is 4. The third kappa shape index (κ3) is 4.57.